The van der Waals surface area contributed by atoms with Crippen molar-refractivity contribution in [1.29, 1.82) is 0 Å². The van der Waals surface area contributed by atoms with E-state index >= 15 is 0 Å². The Morgan fingerprint density at radius 1 is 1.16 bits per heavy atom. The van der Waals surface area contributed by atoms with E-state index < -0.39 is 41.4 Å². The molecule has 0 saturated carbocycles. The number of benzene rings is 2. The highest BCUT2D eigenvalue weighted by Gasteiger charge is 2.24. The van der Waals surface area contributed by atoms with E-state index in [0.717, 1.165) is 16.5 Å². The average Bonchev–Trinajstić information content (AvgIpc) is 3.28. The minimum Gasteiger partial charge on any atom is -0.494 e. The molecular weight excluding hydrogens is 513 g/mol. The summed E-state index contributed by atoms with van der Waals surface area (Å²) in [6, 6.07) is 6.29. The molecule has 0 bridgehead atoms. The number of nitrogens with zero attached hydrogens (tertiary/aromatic N) is 3. The van der Waals surface area contributed by atoms with Gasteiger partial charge < -0.3 is 24.3 Å². The van der Waals surface area contributed by atoms with E-state index in [1.807, 2.05) is 13.1 Å². The molecule has 0 amide bonds. The Morgan fingerprint density at radius 2 is 1.86 bits per heavy atom. The highest BCUT2D eigenvalue weighted by Crippen LogP contribution is 2.30. The van der Waals surface area contributed by atoms with Crippen LogP contribution in [0.3, 0.4) is 0 Å². The molecule has 0 spiro atoms. The van der Waals surface area contributed by atoms with Crippen LogP contribution in [0.25, 0.3) is 5.69 Å². The number of pyridine rings is 1. The van der Waals surface area contributed by atoms with E-state index in [4.69, 9.17) is 16.3 Å². The number of carbonyl (C=O) groups is 1. The van der Waals surface area contributed by atoms with Crippen LogP contribution in [0.2, 0.25) is 5.02 Å². The van der Waals surface area contributed by atoms with Gasteiger partial charge in [0, 0.05) is 24.1 Å². The van der Waals surface area contributed by atoms with Gasteiger partial charge in [-0.3, -0.25) is 9.59 Å². The number of aromatic nitrogens is 3. The molecule has 192 valence electrons. The quantitative estimate of drug-likeness (QED) is 0.302. The maximum atomic E-state index is 13.9. The predicted molar refractivity (Wildman–Crippen MR) is 131 cm³/mol. The van der Waals surface area contributed by atoms with Crippen LogP contribution in [0.1, 0.15) is 23.7 Å². The van der Waals surface area contributed by atoms with Gasteiger partial charge >= 0.3 is 5.97 Å². The highest BCUT2D eigenvalue weighted by molar-refractivity contribution is 6.30. The monoisotopic (exact) mass is 532 g/mol. The molecule has 0 saturated heterocycles. The van der Waals surface area contributed by atoms with Crippen LogP contribution in [0, 0.1) is 24.4 Å². The molecule has 0 aliphatic rings. The molecule has 2 aromatic heterocycles. The largest absolute Gasteiger partial charge is 0.494 e. The van der Waals surface area contributed by atoms with E-state index in [-0.39, 0.29) is 16.3 Å². The maximum Gasteiger partial charge on any atom is 0.305 e. The fourth-order valence-electron chi connectivity index (χ4n) is 3.88. The zero-order valence-corrected chi connectivity index (χ0v) is 20.3. The maximum absolute atomic E-state index is 13.9. The number of methoxy groups -OCH3 is 1. The van der Waals surface area contributed by atoms with Crippen molar-refractivity contribution < 1.29 is 27.8 Å². The number of rotatable bonds is 8. The number of hydrogen-bond donors (Lipinski definition) is 2. The number of carboxylic acids is 1. The van der Waals surface area contributed by atoms with Crippen molar-refractivity contribution in [2.45, 2.75) is 19.4 Å². The Bertz CT molecular complexity index is 1530. The van der Waals surface area contributed by atoms with E-state index in [0.29, 0.717) is 29.3 Å². The Balaban J connectivity index is 1.76. The number of carboxylic acid groups (broad SMARTS) is 1. The standard InChI is InChI=1S/C25H20ClF3N4O4/c1-13-10-32(12-30-13)20-4-3-16(8-22(20)37-2)31-19-7-15(26)11-33(25(19)36)21(9-23(34)35)14-5-17(27)24(29)18(28)6-14/h3-8,10-12,21,31H,9H2,1-2H3,(H,34,35). The minimum atomic E-state index is -1.71. The smallest absolute Gasteiger partial charge is 0.305 e. The molecule has 2 N–H and O–H groups in total. The molecule has 4 aromatic rings. The third-order valence-corrected chi connectivity index (χ3v) is 5.76. The Labute approximate surface area is 213 Å². The van der Waals surface area contributed by atoms with Gasteiger partial charge in [-0.2, -0.15) is 0 Å². The van der Waals surface area contributed by atoms with E-state index in [9.17, 15) is 27.9 Å². The fourth-order valence-corrected chi connectivity index (χ4v) is 4.09. The summed E-state index contributed by atoms with van der Waals surface area (Å²) in [5.41, 5.74) is 0.917. The summed E-state index contributed by atoms with van der Waals surface area (Å²) in [7, 11) is 1.48. The minimum absolute atomic E-state index is 0.0398. The zero-order chi connectivity index (χ0) is 26.9. The van der Waals surface area contributed by atoms with Crippen LogP contribution in [-0.2, 0) is 4.79 Å². The molecule has 12 heteroatoms. The molecule has 1 unspecified atom stereocenters. The lowest BCUT2D eigenvalue weighted by molar-refractivity contribution is -0.137. The van der Waals surface area contributed by atoms with E-state index in [2.05, 4.69) is 10.3 Å². The molecule has 37 heavy (non-hydrogen) atoms. The third kappa shape index (κ3) is 5.46. The van der Waals surface area contributed by atoms with Crippen LogP contribution in [0.5, 0.6) is 5.75 Å². The van der Waals surface area contributed by atoms with Crippen molar-refractivity contribution in [3.63, 3.8) is 0 Å². The fraction of sp³-hybridized carbons (Fsp3) is 0.160. The normalized spacial score (nSPS) is 11.8. The third-order valence-electron chi connectivity index (χ3n) is 5.55. The second-order valence-corrected chi connectivity index (χ2v) is 8.57. The van der Waals surface area contributed by atoms with Gasteiger partial charge in [0.15, 0.2) is 17.5 Å². The van der Waals surface area contributed by atoms with E-state index in [1.165, 1.54) is 13.2 Å². The Kier molecular flexibility index (Phi) is 7.25. The number of aliphatic carboxylic acids is 1. The molecule has 8 nitrogen and oxygen atoms in total. The molecule has 0 radical (unpaired) electrons. The SMILES string of the molecule is COc1cc(Nc2cc(Cl)cn(C(CC(=O)O)c3cc(F)c(F)c(F)c3)c2=O)ccc1-n1cnc(C)c1. The van der Waals surface area contributed by atoms with Crippen LogP contribution < -0.4 is 15.6 Å². The summed E-state index contributed by atoms with van der Waals surface area (Å²) in [6.07, 6.45) is 3.86. The summed E-state index contributed by atoms with van der Waals surface area (Å²) in [6.45, 7) is 1.84. The van der Waals surface area contributed by atoms with Crippen molar-refractivity contribution in [1.82, 2.24) is 14.1 Å². The lowest BCUT2D eigenvalue weighted by atomic mass is 10.0. The molecule has 0 fully saturated rings. The lowest BCUT2D eigenvalue weighted by Crippen LogP contribution is -2.28. The summed E-state index contributed by atoms with van der Waals surface area (Å²) >= 11 is 6.22. The Hall–Kier alpha value is -4.25. The molecular formula is C25H20ClF3N4O4. The highest BCUT2D eigenvalue weighted by atomic mass is 35.5. The van der Waals surface area contributed by atoms with Gasteiger partial charge in [0.2, 0.25) is 0 Å². The molecule has 2 heterocycles. The number of halogens is 4. The van der Waals surface area contributed by atoms with Gasteiger partial charge in [-0.15, -0.1) is 0 Å². The van der Waals surface area contributed by atoms with Crippen molar-refractivity contribution in [3.8, 4) is 11.4 Å². The molecule has 2 aromatic carbocycles. The number of ether oxygens (including phenoxy) is 1. The topological polar surface area (TPSA) is 98.4 Å². The van der Waals surface area contributed by atoms with Crippen LogP contribution >= 0.6 is 11.6 Å². The van der Waals surface area contributed by atoms with Crippen LogP contribution in [0.4, 0.5) is 24.5 Å². The summed E-state index contributed by atoms with van der Waals surface area (Å²) < 4.78 is 49.5. The number of hydrogen-bond acceptors (Lipinski definition) is 5. The van der Waals surface area contributed by atoms with Gasteiger partial charge in [-0.05, 0) is 42.8 Å². The molecule has 0 aliphatic carbocycles. The number of imidazole rings is 1. The second-order valence-electron chi connectivity index (χ2n) is 8.13. The average molecular weight is 533 g/mol. The summed E-state index contributed by atoms with van der Waals surface area (Å²) in [4.78, 5) is 29.1. The zero-order valence-electron chi connectivity index (χ0n) is 19.5. The molecule has 4 rings (SSSR count). The van der Waals surface area contributed by atoms with E-state index in [1.54, 1.807) is 29.1 Å². The van der Waals surface area contributed by atoms with Crippen molar-refractivity contribution in [3.05, 3.63) is 99.2 Å². The van der Waals surface area contributed by atoms with Crippen molar-refractivity contribution in [2.75, 3.05) is 12.4 Å². The number of anilines is 2. The summed E-state index contributed by atoms with van der Waals surface area (Å²) in [5, 5.41) is 12.4. The van der Waals surface area contributed by atoms with Crippen molar-refractivity contribution >= 4 is 28.9 Å². The first kappa shape index (κ1) is 25.8. The molecule has 0 aliphatic heterocycles. The molecule has 1 atom stereocenters. The van der Waals surface area contributed by atoms with Crippen LogP contribution in [-0.4, -0.2) is 32.3 Å². The number of nitrogens with one attached hydrogen (secondary N) is 1. The second kappa shape index (κ2) is 10.4. The van der Waals surface area contributed by atoms with Gasteiger partial charge in [-0.25, -0.2) is 18.2 Å². The van der Waals surface area contributed by atoms with Crippen LogP contribution in [0.15, 0.2) is 59.9 Å². The first-order chi connectivity index (χ1) is 17.6. The predicted octanol–water partition coefficient (Wildman–Crippen LogP) is 5.23. The Morgan fingerprint density at radius 3 is 2.46 bits per heavy atom. The first-order valence-corrected chi connectivity index (χ1v) is 11.2. The summed E-state index contributed by atoms with van der Waals surface area (Å²) in [5.74, 6) is -5.63. The van der Waals surface area contributed by atoms with Gasteiger partial charge in [0.25, 0.3) is 5.56 Å². The van der Waals surface area contributed by atoms with Gasteiger partial charge in [-0.1, -0.05) is 11.6 Å². The lowest BCUT2D eigenvalue weighted by Gasteiger charge is -2.21. The van der Waals surface area contributed by atoms with Crippen molar-refractivity contribution in [2.24, 2.45) is 0 Å². The number of aryl methyl sites for hydroxylation is 1. The first-order valence-electron chi connectivity index (χ1n) is 10.8. The van der Waals surface area contributed by atoms with Gasteiger partial charge in [0.1, 0.15) is 11.4 Å². The van der Waals surface area contributed by atoms with Gasteiger partial charge in [0.05, 0.1) is 42.3 Å².